The van der Waals surface area contributed by atoms with Crippen LogP contribution in [0.15, 0.2) is 30.3 Å². The Morgan fingerprint density at radius 3 is 2.84 bits per heavy atom. The van der Waals surface area contributed by atoms with Crippen molar-refractivity contribution in [1.82, 2.24) is 5.32 Å². The Hall–Kier alpha value is -1.10. The number of hydrogen-bond donors (Lipinski definition) is 1. The van der Waals surface area contributed by atoms with Crippen LogP contribution < -0.4 is 10.1 Å². The first-order valence-electron chi connectivity index (χ1n) is 7.03. The van der Waals surface area contributed by atoms with Crippen molar-refractivity contribution >= 4 is 0 Å². The highest BCUT2D eigenvalue weighted by Crippen LogP contribution is 2.10. The van der Waals surface area contributed by atoms with Crippen molar-refractivity contribution in [1.29, 1.82) is 0 Å². The molecule has 1 N–H and O–H groups in total. The molecule has 1 saturated heterocycles. The molecular formula is C15H23NO3. The van der Waals surface area contributed by atoms with Gasteiger partial charge in [-0.3, -0.25) is 0 Å². The lowest BCUT2D eigenvalue weighted by Gasteiger charge is -2.11. The first-order valence-corrected chi connectivity index (χ1v) is 7.03. The van der Waals surface area contributed by atoms with Crippen LogP contribution in [0.4, 0.5) is 0 Å². The lowest BCUT2D eigenvalue weighted by Crippen LogP contribution is -2.29. The van der Waals surface area contributed by atoms with Crippen LogP contribution in [0.3, 0.4) is 0 Å². The fourth-order valence-corrected chi connectivity index (χ4v) is 2.05. The van der Waals surface area contributed by atoms with E-state index < -0.39 is 0 Å². The van der Waals surface area contributed by atoms with Gasteiger partial charge < -0.3 is 19.5 Å². The van der Waals surface area contributed by atoms with Crippen LogP contribution >= 0.6 is 0 Å². The normalized spacial score (nSPS) is 18.6. The molecule has 1 aliphatic heterocycles. The minimum absolute atomic E-state index is 0.404. The van der Waals surface area contributed by atoms with Crippen molar-refractivity contribution in [3.8, 4) is 5.75 Å². The molecule has 1 fully saturated rings. The maximum Gasteiger partial charge on any atom is 0.119 e. The van der Waals surface area contributed by atoms with E-state index in [0.717, 1.165) is 25.4 Å². The predicted molar refractivity (Wildman–Crippen MR) is 74.6 cm³/mol. The summed E-state index contributed by atoms with van der Waals surface area (Å²) in [7, 11) is 0. The summed E-state index contributed by atoms with van der Waals surface area (Å²) < 4.78 is 16.5. The van der Waals surface area contributed by atoms with Crippen LogP contribution in [-0.4, -0.2) is 45.6 Å². The summed E-state index contributed by atoms with van der Waals surface area (Å²) in [5, 5.41) is 3.35. The minimum Gasteiger partial charge on any atom is -0.491 e. The molecule has 4 nitrogen and oxygen atoms in total. The molecule has 1 unspecified atom stereocenters. The lowest BCUT2D eigenvalue weighted by molar-refractivity contribution is 0.0906. The zero-order chi connectivity index (χ0) is 13.2. The van der Waals surface area contributed by atoms with E-state index in [1.54, 1.807) is 0 Å². The van der Waals surface area contributed by atoms with Gasteiger partial charge in [-0.15, -0.1) is 0 Å². The highest BCUT2D eigenvalue weighted by Gasteiger charge is 2.13. The molecule has 0 aromatic heterocycles. The van der Waals surface area contributed by atoms with Crippen molar-refractivity contribution < 1.29 is 14.2 Å². The Labute approximate surface area is 115 Å². The molecule has 0 aliphatic carbocycles. The molecule has 19 heavy (non-hydrogen) atoms. The average Bonchev–Trinajstić information content (AvgIpc) is 2.96. The SMILES string of the molecule is c1ccc(OCCOCCNCC2CCCO2)cc1. The highest BCUT2D eigenvalue weighted by atomic mass is 16.5. The van der Waals surface area contributed by atoms with Crippen LogP contribution in [0.25, 0.3) is 0 Å². The first-order chi connectivity index (χ1) is 9.45. The topological polar surface area (TPSA) is 39.7 Å². The largest absolute Gasteiger partial charge is 0.491 e. The van der Waals surface area contributed by atoms with Crippen molar-refractivity contribution in [2.45, 2.75) is 18.9 Å². The number of para-hydroxylation sites is 1. The summed E-state index contributed by atoms with van der Waals surface area (Å²) in [6, 6.07) is 9.80. The molecule has 0 spiro atoms. The molecule has 2 rings (SSSR count). The van der Waals surface area contributed by atoms with Gasteiger partial charge in [-0.1, -0.05) is 18.2 Å². The van der Waals surface area contributed by atoms with Gasteiger partial charge in [0.25, 0.3) is 0 Å². The Balaban J connectivity index is 1.38. The van der Waals surface area contributed by atoms with E-state index in [1.165, 1.54) is 12.8 Å². The lowest BCUT2D eigenvalue weighted by atomic mass is 10.2. The van der Waals surface area contributed by atoms with Crippen molar-refractivity contribution in [3.63, 3.8) is 0 Å². The number of nitrogens with one attached hydrogen (secondary N) is 1. The van der Waals surface area contributed by atoms with Gasteiger partial charge in [0.2, 0.25) is 0 Å². The summed E-state index contributed by atoms with van der Waals surface area (Å²) in [4.78, 5) is 0. The van der Waals surface area contributed by atoms with Gasteiger partial charge in [0.05, 0.1) is 19.3 Å². The summed E-state index contributed by atoms with van der Waals surface area (Å²) in [6.45, 7) is 4.64. The number of hydrogen-bond acceptors (Lipinski definition) is 4. The van der Waals surface area contributed by atoms with Crippen molar-refractivity contribution in [3.05, 3.63) is 30.3 Å². The fourth-order valence-electron chi connectivity index (χ4n) is 2.05. The van der Waals surface area contributed by atoms with Gasteiger partial charge in [-0.25, -0.2) is 0 Å². The van der Waals surface area contributed by atoms with Gasteiger partial charge in [0.1, 0.15) is 12.4 Å². The number of benzene rings is 1. The molecule has 0 amide bonds. The maximum absolute atomic E-state index is 5.53. The van der Waals surface area contributed by atoms with E-state index in [9.17, 15) is 0 Å². The zero-order valence-electron chi connectivity index (χ0n) is 11.3. The van der Waals surface area contributed by atoms with Crippen LogP contribution in [-0.2, 0) is 9.47 Å². The third kappa shape index (κ3) is 6.05. The molecule has 1 heterocycles. The maximum atomic E-state index is 5.53. The first kappa shape index (κ1) is 14.3. The van der Waals surface area contributed by atoms with Gasteiger partial charge in [0.15, 0.2) is 0 Å². The monoisotopic (exact) mass is 265 g/mol. The Morgan fingerprint density at radius 2 is 2.05 bits per heavy atom. The average molecular weight is 265 g/mol. The molecule has 4 heteroatoms. The second-order valence-corrected chi connectivity index (χ2v) is 4.61. The molecule has 1 aromatic rings. The summed E-state index contributed by atoms with van der Waals surface area (Å²) in [5.74, 6) is 0.891. The third-order valence-electron chi connectivity index (χ3n) is 3.06. The van der Waals surface area contributed by atoms with Gasteiger partial charge in [-0.05, 0) is 25.0 Å². The quantitative estimate of drug-likeness (QED) is 0.692. The Morgan fingerprint density at radius 1 is 1.16 bits per heavy atom. The van der Waals surface area contributed by atoms with Gasteiger partial charge in [0, 0.05) is 19.7 Å². The molecule has 0 bridgehead atoms. The standard InChI is InChI=1S/C15H23NO3/c1-2-5-14(6-3-1)19-12-11-17-10-8-16-13-15-7-4-9-18-15/h1-3,5-6,15-16H,4,7-13H2. The highest BCUT2D eigenvalue weighted by molar-refractivity contribution is 5.20. The third-order valence-corrected chi connectivity index (χ3v) is 3.06. The van der Waals surface area contributed by atoms with E-state index >= 15 is 0 Å². The van der Waals surface area contributed by atoms with E-state index in [0.29, 0.717) is 25.9 Å². The molecule has 1 atom stereocenters. The summed E-state index contributed by atoms with van der Waals surface area (Å²) in [5.41, 5.74) is 0. The molecule has 0 radical (unpaired) electrons. The molecule has 1 aromatic carbocycles. The van der Waals surface area contributed by atoms with Crippen LogP contribution in [0.5, 0.6) is 5.75 Å². The van der Waals surface area contributed by atoms with Gasteiger partial charge in [-0.2, -0.15) is 0 Å². The minimum atomic E-state index is 0.404. The predicted octanol–water partition coefficient (Wildman–Crippen LogP) is 1.85. The number of ether oxygens (including phenoxy) is 3. The smallest absolute Gasteiger partial charge is 0.119 e. The van der Waals surface area contributed by atoms with E-state index in [4.69, 9.17) is 14.2 Å². The van der Waals surface area contributed by atoms with E-state index in [2.05, 4.69) is 5.32 Å². The summed E-state index contributed by atoms with van der Waals surface area (Å²) in [6.07, 6.45) is 2.78. The summed E-state index contributed by atoms with van der Waals surface area (Å²) >= 11 is 0. The van der Waals surface area contributed by atoms with Crippen LogP contribution in [0, 0.1) is 0 Å². The van der Waals surface area contributed by atoms with Crippen LogP contribution in [0.1, 0.15) is 12.8 Å². The zero-order valence-corrected chi connectivity index (χ0v) is 11.3. The van der Waals surface area contributed by atoms with E-state index in [-0.39, 0.29) is 0 Å². The fraction of sp³-hybridized carbons (Fsp3) is 0.600. The Kier molecular flexibility index (Phi) is 6.71. The van der Waals surface area contributed by atoms with Crippen LogP contribution in [0.2, 0.25) is 0 Å². The second-order valence-electron chi connectivity index (χ2n) is 4.61. The molecule has 106 valence electrons. The molecular weight excluding hydrogens is 242 g/mol. The molecule has 1 aliphatic rings. The van der Waals surface area contributed by atoms with E-state index in [1.807, 2.05) is 30.3 Å². The van der Waals surface area contributed by atoms with Crippen molar-refractivity contribution in [2.24, 2.45) is 0 Å². The second kappa shape index (κ2) is 8.91. The Bertz CT molecular complexity index is 325. The van der Waals surface area contributed by atoms with Crippen molar-refractivity contribution in [2.75, 3.05) is 39.5 Å². The number of rotatable bonds is 9. The molecule has 0 saturated carbocycles. The van der Waals surface area contributed by atoms with Gasteiger partial charge >= 0.3 is 0 Å².